The van der Waals surface area contributed by atoms with E-state index in [0.29, 0.717) is 11.1 Å². The fraction of sp³-hybridized carbons (Fsp3) is 0.273. The van der Waals surface area contributed by atoms with Crippen molar-refractivity contribution in [1.82, 2.24) is 5.32 Å². The smallest absolute Gasteiger partial charge is 0.407 e. The fourth-order valence-corrected chi connectivity index (χ4v) is 2.77. The van der Waals surface area contributed by atoms with E-state index in [2.05, 4.69) is 5.32 Å². The van der Waals surface area contributed by atoms with Gasteiger partial charge in [-0.05, 0) is 56.7 Å². The monoisotopic (exact) mass is 427 g/mol. The third kappa shape index (κ3) is 6.84. The zero-order valence-corrected chi connectivity index (χ0v) is 17.5. The lowest BCUT2D eigenvalue weighted by molar-refractivity contribution is -0.135. The van der Waals surface area contributed by atoms with Gasteiger partial charge in [0.15, 0.2) is 0 Å². The molecule has 2 rings (SSSR count). The first-order valence-electron chi connectivity index (χ1n) is 9.46. The molecule has 0 aliphatic rings. The third-order valence-electron chi connectivity index (χ3n) is 4.05. The molecule has 9 heteroatoms. The largest absolute Gasteiger partial charge is 0.480 e. The Kier molecular flexibility index (Phi) is 7.36. The molecule has 0 heterocycles. The number of amides is 3. The summed E-state index contributed by atoms with van der Waals surface area (Å²) >= 11 is 0. The predicted octanol–water partition coefficient (Wildman–Crippen LogP) is 2.54. The van der Waals surface area contributed by atoms with Crippen LogP contribution in [0, 0.1) is 0 Å². The molecular formula is C22H25N3O6. The average molecular weight is 427 g/mol. The third-order valence-corrected chi connectivity index (χ3v) is 4.05. The van der Waals surface area contributed by atoms with Crippen molar-refractivity contribution < 1.29 is 29.0 Å². The van der Waals surface area contributed by atoms with Crippen LogP contribution in [-0.4, -0.2) is 41.1 Å². The highest BCUT2D eigenvalue weighted by Crippen LogP contribution is 2.22. The highest BCUT2D eigenvalue weighted by atomic mass is 16.6. The number of alkyl carbamates (subject to hydrolysis) is 1. The van der Waals surface area contributed by atoms with Crippen molar-refractivity contribution in [3.63, 3.8) is 0 Å². The number of carbonyl (C=O) groups excluding carboxylic acids is 3. The number of carboxylic acids is 1. The molecule has 2 aromatic carbocycles. The van der Waals surface area contributed by atoms with Gasteiger partial charge in [-0.25, -0.2) is 4.79 Å². The van der Waals surface area contributed by atoms with Gasteiger partial charge in [-0.15, -0.1) is 0 Å². The number of ether oxygens (including phenoxy) is 1. The molecule has 0 aliphatic heterocycles. The summed E-state index contributed by atoms with van der Waals surface area (Å²) in [6.07, 6.45) is -0.698. The number of aliphatic carboxylic acids is 1. The first-order chi connectivity index (χ1) is 14.5. The minimum absolute atomic E-state index is 0.110. The first-order valence-corrected chi connectivity index (χ1v) is 9.46. The summed E-state index contributed by atoms with van der Waals surface area (Å²) in [4.78, 5) is 49.2. The van der Waals surface area contributed by atoms with Gasteiger partial charge < -0.3 is 20.9 Å². The van der Waals surface area contributed by atoms with Crippen molar-refractivity contribution in [2.75, 3.05) is 11.4 Å². The SMILES string of the molecule is CC(C)(C)OC(=O)NCc1cc(N(CC(=O)O)C(=O)c2ccccc2)ccc1C(N)=O. The number of rotatable bonds is 7. The van der Waals surface area contributed by atoms with Crippen LogP contribution in [-0.2, 0) is 16.1 Å². The van der Waals surface area contributed by atoms with Crippen LogP contribution in [0.1, 0.15) is 47.1 Å². The van der Waals surface area contributed by atoms with E-state index >= 15 is 0 Å². The Labute approximate surface area is 179 Å². The van der Waals surface area contributed by atoms with Crippen molar-refractivity contribution in [2.45, 2.75) is 32.9 Å². The molecule has 0 bridgehead atoms. The van der Waals surface area contributed by atoms with Crippen LogP contribution in [0.3, 0.4) is 0 Å². The Morgan fingerprint density at radius 3 is 2.26 bits per heavy atom. The molecule has 164 valence electrons. The first kappa shape index (κ1) is 23.4. The lowest BCUT2D eigenvalue weighted by Crippen LogP contribution is -2.36. The van der Waals surface area contributed by atoms with Crippen LogP contribution >= 0.6 is 0 Å². The molecule has 3 amide bonds. The Morgan fingerprint density at radius 1 is 1.06 bits per heavy atom. The second-order valence-corrected chi connectivity index (χ2v) is 7.71. The highest BCUT2D eigenvalue weighted by Gasteiger charge is 2.23. The van der Waals surface area contributed by atoms with E-state index in [-0.39, 0.29) is 17.8 Å². The molecule has 2 aromatic rings. The minimum Gasteiger partial charge on any atom is -0.480 e. The van der Waals surface area contributed by atoms with Crippen molar-refractivity contribution >= 4 is 29.6 Å². The van der Waals surface area contributed by atoms with Gasteiger partial charge in [0, 0.05) is 23.4 Å². The van der Waals surface area contributed by atoms with E-state index in [0.717, 1.165) is 4.90 Å². The molecule has 9 nitrogen and oxygen atoms in total. The van der Waals surface area contributed by atoms with Crippen molar-refractivity contribution in [1.29, 1.82) is 0 Å². The van der Waals surface area contributed by atoms with Gasteiger partial charge in [0.2, 0.25) is 5.91 Å². The van der Waals surface area contributed by atoms with Gasteiger partial charge in [0.05, 0.1) is 0 Å². The number of nitrogens with zero attached hydrogens (tertiary/aromatic N) is 1. The van der Waals surface area contributed by atoms with Crippen molar-refractivity contribution in [3.05, 3.63) is 65.2 Å². The molecule has 0 aromatic heterocycles. The van der Waals surface area contributed by atoms with Crippen molar-refractivity contribution in [2.24, 2.45) is 5.73 Å². The number of hydrogen-bond acceptors (Lipinski definition) is 5. The second-order valence-electron chi connectivity index (χ2n) is 7.71. The maximum absolute atomic E-state index is 12.9. The van der Waals surface area contributed by atoms with Gasteiger partial charge in [0.25, 0.3) is 5.91 Å². The lowest BCUT2D eigenvalue weighted by atomic mass is 10.0. The van der Waals surface area contributed by atoms with Crippen LogP contribution in [0.5, 0.6) is 0 Å². The molecule has 0 aliphatic carbocycles. The molecule has 0 saturated heterocycles. The van der Waals surface area contributed by atoms with Crippen LogP contribution in [0.15, 0.2) is 48.5 Å². The Morgan fingerprint density at radius 2 is 1.71 bits per heavy atom. The van der Waals surface area contributed by atoms with Crippen LogP contribution in [0.2, 0.25) is 0 Å². The number of nitrogens with one attached hydrogen (secondary N) is 1. The van der Waals surface area contributed by atoms with E-state index in [1.54, 1.807) is 51.1 Å². The van der Waals surface area contributed by atoms with Crippen LogP contribution < -0.4 is 16.0 Å². The molecule has 0 radical (unpaired) electrons. The highest BCUT2D eigenvalue weighted by molar-refractivity contribution is 6.08. The molecule has 0 spiro atoms. The minimum atomic E-state index is -1.21. The van der Waals surface area contributed by atoms with E-state index in [1.807, 2.05) is 0 Å². The number of carboxylic acid groups (broad SMARTS) is 1. The Balaban J connectivity index is 2.38. The molecule has 31 heavy (non-hydrogen) atoms. The topological polar surface area (TPSA) is 139 Å². The molecule has 0 atom stereocenters. The summed E-state index contributed by atoms with van der Waals surface area (Å²) in [5.41, 5.74) is 5.69. The van der Waals surface area contributed by atoms with E-state index < -0.39 is 36.0 Å². The number of primary amides is 1. The van der Waals surface area contributed by atoms with Crippen LogP contribution in [0.4, 0.5) is 10.5 Å². The van der Waals surface area contributed by atoms with Gasteiger partial charge >= 0.3 is 12.1 Å². The Bertz CT molecular complexity index is 982. The maximum Gasteiger partial charge on any atom is 0.407 e. The summed E-state index contributed by atoms with van der Waals surface area (Å²) in [5, 5.41) is 11.8. The summed E-state index contributed by atoms with van der Waals surface area (Å²) in [5.74, 6) is -2.47. The normalized spacial score (nSPS) is 10.8. The number of benzene rings is 2. The van der Waals surface area contributed by atoms with Crippen molar-refractivity contribution in [3.8, 4) is 0 Å². The Hall–Kier alpha value is -3.88. The molecule has 0 unspecified atom stereocenters. The molecular weight excluding hydrogens is 402 g/mol. The van der Waals surface area contributed by atoms with E-state index in [1.165, 1.54) is 18.2 Å². The van der Waals surface area contributed by atoms with Crippen LogP contribution in [0.25, 0.3) is 0 Å². The fourth-order valence-electron chi connectivity index (χ4n) is 2.77. The number of carbonyl (C=O) groups is 4. The standard InChI is InChI=1S/C22H25N3O6/c1-22(2,3)31-21(30)24-12-15-11-16(9-10-17(15)19(23)28)25(13-18(26)27)20(29)14-7-5-4-6-8-14/h4-11H,12-13H2,1-3H3,(H2,23,28)(H,24,30)(H,26,27). The summed E-state index contributed by atoms with van der Waals surface area (Å²) in [7, 11) is 0. The van der Waals surface area contributed by atoms with Gasteiger partial charge in [-0.1, -0.05) is 18.2 Å². The van der Waals surface area contributed by atoms with Gasteiger partial charge in [-0.3, -0.25) is 19.3 Å². The summed E-state index contributed by atoms with van der Waals surface area (Å²) < 4.78 is 5.18. The predicted molar refractivity (Wildman–Crippen MR) is 114 cm³/mol. The van der Waals surface area contributed by atoms with E-state index in [9.17, 15) is 24.3 Å². The maximum atomic E-state index is 12.9. The summed E-state index contributed by atoms with van der Waals surface area (Å²) in [6, 6.07) is 12.5. The summed E-state index contributed by atoms with van der Waals surface area (Å²) in [6.45, 7) is 4.42. The average Bonchev–Trinajstić information content (AvgIpc) is 2.69. The molecule has 0 fully saturated rings. The molecule has 0 saturated carbocycles. The van der Waals surface area contributed by atoms with Gasteiger partial charge in [-0.2, -0.15) is 0 Å². The number of anilines is 1. The second kappa shape index (κ2) is 9.75. The lowest BCUT2D eigenvalue weighted by Gasteiger charge is -2.23. The van der Waals surface area contributed by atoms with Gasteiger partial charge in [0.1, 0.15) is 12.1 Å². The quantitative estimate of drug-likeness (QED) is 0.620. The van der Waals surface area contributed by atoms with E-state index in [4.69, 9.17) is 10.5 Å². The molecule has 4 N–H and O–H groups in total. The number of nitrogens with two attached hydrogens (primary N) is 1. The number of hydrogen-bond donors (Lipinski definition) is 3. The zero-order valence-electron chi connectivity index (χ0n) is 17.5. The zero-order chi connectivity index (χ0) is 23.2.